The van der Waals surface area contributed by atoms with E-state index in [1.165, 1.54) is 10.5 Å². The van der Waals surface area contributed by atoms with Crippen molar-refractivity contribution < 1.29 is 14.6 Å². The molecule has 1 atom stereocenters. The summed E-state index contributed by atoms with van der Waals surface area (Å²) < 4.78 is 5.69. The lowest BCUT2D eigenvalue weighted by Crippen LogP contribution is -2.51. The van der Waals surface area contributed by atoms with Crippen LogP contribution in [0.2, 0.25) is 5.02 Å². The molecule has 5 nitrogen and oxygen atoms in total. The molecule has 0 saturated carbocycles. The van der Waals surface area contributed by atoms with E-state index < -0.39 is 11.8 Å². The molecule has 0 radical (unpaired) electrons. The summed E-state index contributed by atoms with van der Waals surface area (Å²) in [6, 6.07) is 8.04. The quantitative estimate of drug-likeness (QED) is 0.882. The number of piperidine rings is 1. The zero-order valence-electron chi connectivity index (χ0n) is 14.9. The fraction of sp³-hybridized carbons (Fsp3) is 0.632. The minimum Gasteiger partial charge on any atom is -0.465 e. The molecule has 3 rings (SSSR count). The summed E-state index contributed by atoms with van der Waals surface area (Å²) in [6.45, 7) is 6.90. The summed E-state index contributed by atoms with van der Waals surface area (Å²) in [5, 5.41) is 10.3. The van der Waals surface area contributed by atoms with Crippen molar-refractivity contribution in [3.05, 3.63) is 34.9 Å². The van der Waals surface area contributed by atoms with Crippen molar-refractivity contribution in [3.8, 4) is 0 Å². The lowest BCUT2D eigenvalue weighted by Gasteiger charge is -2.36. The molecule has 138 valence electrons. The van der Waals surface area contributed by atoms with E-state index in [2.05, 4.69) is 17.0 Å². The second-order valence-corrected chi connectivity index (χ2v) is 8.08. The summed E-state index contributed by atoms with van der Waals surface area (Å²) in [7, 11) is 0. The Kier molecular flexibility index (Phi) is 5.56. The van der Waals surface area contributed by atoms with E-state index in [0.717, 1.165) is 43.9 Å². The molecule has 0 aliphatic carbocycles. The summed E-state index contributed by atoms with van der Waals surface area (Å²) >= 11 is 5.95. The number of nitrogens with zero attached hydrogens (tertiary/aromatic N) is 2. The van der Waals surface area contributed by atoms with Crippen molar-refractivity contribution in [2.24, 2.45) is 5.92 Å². The summed E-state index contributed by atoms with van der Waals surface area (Å²) in [5.41, 5.74) is 0.606. The number of benzene rings is 1. The number of carbonyl (C=O) groups is 1. The maximum Gasteiger partial charge on any atom is 0.409 e. The number of hydrogen-bond acceptors (Lipinski definition) is 3. The molecule has 25 heavy (non-hydrogen) atoms. The van der Waals surface area contributed by atoms with Crippen LogP contribution in [0.5, 0.6) is 0 Å². The van der Waals surface area contributed by atoms with E-state index in [9.17, 15) is 9.90 Å². The molecular formula is C19H27ClN2O3. The van der Waals surface area contributed by atoms with Gasteiger partial charge in [0.05, 0.1) is 12.6 Å². The molecular weight excluding hydrogens is 340 g/mol. The zero-order chi connectivity index (χ0) is 18.0. The first-order valence-corrected chi connectivity index (χ1v) is 9.36. The second kappa shape index (κ2) is 7.52. The lowest BCUT2D eigenvalue weighted by atomic mass is 9.90. The minimum absolute atomic E-state index is 0.0830. The van der Waals surface area contributed by atoms with Crippen molar-refractivity contribution in [1.82, 2.24) is 9.80 Å². The van der Waals surface area contributed by atoms with Crippen LogP contribution in [0.25, 0.3) is 0 Å². The topological polar surface area (TPSA) is 53.0 Å². The van der Waals surface area contributed by atoms with Crippen molar-refractivity contribution in [2.75, 3.05) is 26.2 Å². The van der Waals surface area contributed by atoms with Crippen LogP contribution >= 0.6 is 11.6 Å². The molecule has 0 spiro atoms. The van der Waals surface area contributed by atoms with Gasteiger partial charge in [-0.1, -0.05) is 23.7 Å². The van der Waals surface area contributed by atoms with Gasteiger partial charge in [0.15, 0.2) is 0 Å². The van der Waals surface area contributed by atoms with Crippen molar-refractivity contribution >= 4 is 17.7 Å². The molecule has 2 fully saturated rings. The molecule has 1 aromatic carbocycles. The number of halogens is 1. The van der Waals surface area contributed by atoms with Crippen LogP contribution in [0.15, 0.2) is 24.3 Å². The largest absolute Gasteiger partial charge is 0.465 e. The fourth-order valence-electron chi connectivity index (χ4n) is 4.03. The average molecular weight is 367 g/mol. The predicted octanol–water partition coefficient (Wildman–Crippen LogP) is 3.71. The number of carboxylic acid groups (broad SMARTS) is 1. The van der Waals surface area contributed by atoms with E-state index in [0.29, 0.717) is 12.5 Å². The molecule has 2 aliphatic heterocycles. The predicted molar refractivity (Wildman–Crippen MR) is 98.0 cm³/mol. The van der Waals surface area contributed by atoms with Gasteiger partial charge in [-0.3, -0.25) is 4.90 Å². The Morgan fingerprint density at radius 2 is 1.92 bits per heavy atom. The van der Waals surface area contributed by atoms with Crippen molar-refractivity contribution in [3.63, 3.8) is 0 Å². The van der Waals surface area contributed by atoms with E-state index in [1.54, 1.807) is 0 Å². The Balaban J connectivity index is 1.49. The number of amides is 1. The van der Waals surface area contributed by atoms with Crippen LogP contribution < -0.4 is 0 Å². The molecule has 2 heterocycles. The Morgan fingerprint density at radius 1 is 1.28 bits per heavy atom. The first-order valence-electron chi connectivity index (χ1n) is 8.98. The Hall–Kier alpha value is -1.30. The Labute approximate surface area is 154 Å². The first kappa shape index (κ1) is 18.5. The third kappa shape index (κ3) is 4.46. The molecule has 2 saturated heterocycles. The molecule has 1 aromatic rings. The maximum absolute atomic E-state index is 11.6. The van der Waals surface area contributed by atoms with Gasteiger partial charge >= 0.3 is 6.09 Å². The third-order valence-corrected chi connectivity index (χ3v) is 5.65. The van der Waals surface area contributed by atoms with Gasteiger partial charge in [-0.2, -0.15) is 0 Å². The first-order chi connectivity index (χ1) is 11.8. The molecule has 0 aromatic heterocycles. The van der Waals surface area contributed by atoms with Gasteiger partial charge in [0.25, 0.3) is 0 Å². The zero-order valence-corrected chi connectivity index (χ0v) is 15.7. The highest BCUT2D eigenvalue weighted by Gasteiger charge is 2.44. The highest BCUT2D eigenvalue weighted by Crippen LogP contribution is 2.29. The van der Waals surface area contributed by atoms with E-state index in [-0.39, 0.29) is 6.04 Å². The molecule has 1 amide bonds. The smallest absolute Gasteiger partial charge is 0.409 e. The number of ether oxygens (including phenoxy) is 1. The molecule has 6 heteroatoms. The lowest BCUT2D eigenvalue weighted by molar-refractivity contribution is -0.0429. The van der Waals surface area contributed by atoms with Crippen LogP contribution in [0, 0.1) is 5.92 Å². The van der Waals surface area contributed by atoms with Crippen LogP contribution in [0.4, 0.5) is 4.79 Å². The number of hydrogen-bond donors (Lipinski definition) is 1. The standard InChI is InChI=1S/C19H27ClN2O3/c1-19(2)22(18(23)24)17(13-25-19)12-21-9-7-15(8-10-21)11-14-3-5-16(20)6-4-14/h3-6,15,17H,7-13H2,1-2H3,(H,23,24)/t17-/m0/s1. The number of likely N-dealkylation sites (tertiary alicyclic amines) is 1. The van der Waals surface area contributed by atoms with Gasteiger partial charge in [-0.25, -0.2) is 4.79 Å². The molecule has 2 aliphatic rings. The van der Waals surface area contributed by atoms with Crippen LogP contribution in [0.3, 0.4) is 0 Å². The fourth-order valence-corrected chi connectivity index (χ4v) is 4.16. The van der Waals surface area contributed by atoms with Gasteiger partial charge in [0, 0.05) is 11.6 Å². The van der Waals surface area contributed by atoms with Crippen molar-refractivity contribution in [1.29, 1.82) is 0 Å². The van der Waals surface area contributed by atoms with E-state index in [1.807, 2.05) is 26.0 Å². The summed E-state index contributed by atoms with van der Waals surface area (Å²) in [4.78, 5) is 15.4. The van der Waals surface area contributed by atoms with Gasteiger partial charge in [0.2, 0.25) is 0 Å². The van der Waals surface area contributed by atoms with Gasteiger partial charge in [0.1, 0.15) is 5.72 Å². The molecule has 0 bridgehead atoms. The maximum atomic E-state index is 11.6. The minimum atomic E-state index is -0.898. The highest BCUT2D eigenvalue weighted by atomic mass is 35.5. The van der Waals surface area contributed by atoms with E-state index >= 15 is 0 Å². The average Bonchev–Trinajstić information content (AvgIpc) is 2.86. The van der Waals surface area contributed by atoms with Crippen LogP contribution in [-0.2, 0) is 11.2 Å². The molecule has 1 N–H and O–H groups in total. The van der Waals surface area contributed by atoms with E-state index in [4.69, 9.17) is 16.3 Å². The van der Waals surface area contributed by atoms with Crippen LogP contribution in [-0.4, -0.2) is 59.0 Å². The molecule has 0 unspecified atom stereocenters. The SMILES string of the molecule is CC1(C)OC[C@H](CN2CCC(Cc3ccc(Cl)cc3)CC2)N1C(=O)O. The van der Waals surface area contributed by atoms with Gasteiger partial charge in [-0.15, -0.1) is 0 Å². The number of rotatable bonds is 4. The van der Waals surface area contributed by atoms with Crippen molar-refractivity contribution in [2.45, 2.75) is 44.9 Å². The van der Waals surface area contributed by atoms with Gasteiger partial charge in [-0.05, 0) is 69.8 Å². The normalized spacial score (nSPS) is 24.6. The summed E-state index contributed by atoms with van der Waals surface area (Å²) in [6.07, 6.45) is 2.48. The van der Waals surface area contributed by atoms with Gasteiger partial charge < -0.3 is 14.7 Å². The Morgan fingerprint density at radius 3 is 2.52 bits per heavy atom. The monoisotopic (exact) mass is 366 g/mol. The third-order valence-electron chi connectivity index (χ3n) is 5.39. The second-order valence-electron chi connectivity index (χ2n) is 7.64. The Bertz CT molecular complexity index is 597. The summed E-state index contributed by atoms with van der Waals surface area (Å²) in [5.74, 6) is 0.685. The highest BCUT2D eigenvalue weighted by molar-refractivity contribution is 6.30. The van der Waals surface area contributed by atoms with Crippen LogP contribution in [0.1, 0.15) is 32.3 Å².